The van der Waals surface area contributed by atoms with Crippen LogP contribution in [-0.4, -0.2) is 28.8 Å². The first-order chi connectivity index (χ1) is 11.5. The minimum atomic E-state index is -1.08. The number of aromatic carboxylic acids is 1. The molecule has 0 saturated carbocycles. The average molecular weight is 329 g/mol. The molecule has 0 amide bonds. The van der Waals surface area contributed by atoms with Crippen LogP contribution in [0.15, 0.2) is 47.6 Å². The molecule has 8 heteroatoms. The van der Waals surface area contributed by atoms with Gasteiger partial charge in [-0.2, -0.15) is 5.10 Å². The molecule has 0 unspecified atom stereocenters. The molecule has 2 aromatic rings. The van der Waals surface area contributed by atoms with Crippen LogP contribution in [0.5, 0.6) is 5.75 Å². The first-order valence-electron chi connectivity index (χ1n) is 7.05. The molecule has 0 radical (unpaired) electrons. The Kier molecular flexibility index (Phi) is 5.45. The third-order valence-electron chi connectivity index (χ3n) is 3.04. The smallest absolute Gasteiger partial charge is 0.337 e. The van der Waals surface area contributed by atoms with E-state index in [2.05, 4.69) is 10.5 Å². The van der Waals surface area contributed by atoms with Crippen molar-refractivity contribution >= 4 is 23.6 Å². The van der Waals surface area contributed by atoms with Crippen molar-refractivity contribution in [3.8, 4) is 5.75 Å². The van der Waals surface area contributed by atoms with Gasteiger partial charge in [-0.25, -0.2) is 4.79 Å². The second kappa shape index (κ2) is 7.73. The monoisotopic (exact) mass is 329 g/mol. The summed E-state index contributed by atoms with van der Waals surface area (Å²) in [5.41, 5.74) is 3.33. The van der Waals surface area contributed by atoms with Gasteiger partial charge in [-0.15, -0.1) is 0 Å². The highest BCUT2D eigenvalue weighted by Crippen LogP contribution is 2.27. The van der Waals surface area contributed by atoms with E-state index in [-0.39, 0.29) is 17.0 Å². The summed E-state index contributed by atoms with van der Waals surface area (Å²) in [6.07, 6.45) is 1.36. The topological polar surface area (TPSA) is 114 Å². The molecule has 0 aliphatic rings. The van der Waals surface area contributed by atoms with Crippen LogP contribution in [0, 0.1) is 10.1 Å². The number of carboxylic acids is 1. The van der Waals surface area contributed by atoms with Gasteiger partial charge >= 0.3 is 11.7 Å². The van der Waals surface area contributed by atoms with E-state index in [1.165, 1.54) is 24.4 Å². The largest absolute Gasteiger partial charge is 0.487 e. The molecule has 2 rings (SSSR count). The second-order valence-electron chi connectivity index (χ2n) is 4.64. The Hall–Kier alpha value is -3.42. The molecule has 0 aromatic heterocycles. The minimum Gasteiger partial charge on any atom is -0.487 e. The zero-order chi connectivity index (χ0) is 17.5. The van der Waals surface area contributed by atoms with Crippen LogP contribution in [0.1, 0.15) is 22.8 Å². The van der Waals surface area contributed by atoms with Crippen LogP contribution in [-0.2, 0) is 0 Å². The Balaban J connectivity index is 2.19. The molecule has 0 atom stereocenters. The van der Waals surface area contributed by atoms with Gasteiger partial charge in [0.2, 0.25) is 0 Å². The average Bonchev–Trinajstić information content (AvgIpc) is 2.56. The van der Waals surface area contributed by atoms with Crippen molar-refractivity contribution in [2.45, 2.75) is 6.92 Å². The van der Waals surface area contributed by atoms with Crippen LogP contribution in [0.4, 0.5) is 11.4 Å². The fourth-order valence-electron chi connectivity index (χ4n) is 1.98. The fourth-order valence-corrected chi connectivity index (χ4v) is 1.98. The second-order valence-corrected chi connectivity index (χ2v) is 4.64. The summed E-state index contributed by atoms with van der Waals surface area (Å²) in [5, 5.41) is 24.1. The van der Waals surface area contributed by atoms with Crippen LogP contribution < -0.4 is 10.2 Å². The lowest BCUT2D eigenvalue weighted by atomic mass is 10.2. The lowest BCUT2D eigenvalue weighted by molar-refractivity contribution is -0.385. The van der Waals surface area contributed by atoms with Gasteiger partial charge in [-0.1, -0.05) is 12.1 Å². The summed E-state index contributed by atoms with van der Waals surface area (Å²) in [7, 11) is 0. The van der Waals surface area contributed by atoms with Crippen molar-refractivity contribution in [1.29, 1.82) is 0 Å². The number of nitro groups is 1. The van der Waals surface area contributed by atoms with E-state index in [9.17, 15) is 14.9 Å². The molecule has 0 fully saturated rings. The number of nitrogens with one attached hydrogen (secondary N) is 1. The minimum absolute atomic E-state index is 0.0762. The lowest BCUT2D eigenvalue weighted by Gasteiger charge is -2.05. The summed E-state index contributed by atoms with van der Waals surface area (Å²) >= 11 is 0. The molecule has 2 aromatic carbocycles. The lowest BCUT2D eigenvalue weighted by Crippen LogP contribution is -2.02. The van der Waals surface area contributed by atoms with Crippen LogP contribution in [0.25, 0.3) is 0 Å². The van der Waals surface area contributed by atoms with Gasteiger partial charge in [-0.05, 0) is 31.2 Å². The number of nitro benzene ring substituents is 1. The maximum atomic E-state index is 11.1. The fraction of sp³-hybridized carbons (Fsp3) is 0.125. The van der Waals surface area contributed by atoms with E-state index in [4.69, 9.17) is 9.84 Å². The van der Waals surface area contributed by atoms with Gasteiger partial charge in [0.25, 0.3) is 0 Å². The van der Waals surface area contributed by atoms with E-state index < -0.39 is 10.9 Å². The number of carbonyl (C=O) groups is 1. The molecule has 2 N–H and O–H groups in total. The van der Waals surface area contributed by atoms with E-state index >= 15 is 0 Å². The third kappa shape index (κ3) is 4.07. The molecule has 124 valence electrons. The quantitative estimate of drug-likeness (QED) is 0.458. The number of carboxylic acid groups (broad SMARTS) is 1. The van der Waals surface area contributed by atoms with Crippen LogP contribution in [0.2, 0.25) is 0 Å². The Morgan fingerprint density at radius 2 is 2.12 bits per heavy atom. The summed E-state index contributed by atoms with van der Waals surface area (Å²) < 4.78 is 5.20. The van der Waals surface area contributed by atoms with Crippen molar-refractivity contribution < 1.29 is 19.6 Å². The predicted octanol–water partition coefficient (Wildman–Crippen LogP) is 3.14. The highest BCUT2D eigenvalue weighted by Gasteiger charge is 2.15. The maximum Gasteiger partial charge on any atom is 0.337 e. The zero-order valence-electron chi connectivity index (χ0n) is 12.8. The predicted molar refractivity (Wildman–Crippen MR) is 88.9 cm³/mol. The first-order valence-corrected chi connectivity index (χ1v) is 7.05. The van der Waals surface area contributed by atoms with Crippen LogP contribution in [0.3, 0.4) is 0 Å². The molecular formula is C16H15N3O5. The molecule has 0 saturated heterocycles. The molecule has 0 bridgehead atoms. The number of hydrogen-bond donors (Lipinski definition) is 2. The van der Waals surface area contributed by atoms with Gasteiger partial charge < -0.3 is 9.84 Å². The highest BCUT2D eigenvalue weighted by molar-refractivity contribution is 5.94. The number of anilines is 1. The number of rotatable bonds is 7. The van der Waals surface area contributed by atoms with Crippen LogP contribution >= 0.6 is 0 Å². The van der Waals surface area contributed by atoms with Gasteiger partial charge in [0.05, 0.1) is 29.0 Å². The number of hydrogen-bond acceptors (Lipinski definition) is 6. The highest BCUT2D eigenvalue weighted by atomic mass is 16.6. The summed E-state index contributed by atoms with van der Waals surface area (Å²) in [5.74, 6) is -0.895. The third-order valence-corrected chi connectivity index (χ3v) is 3.04. The maximum absolute atomic E-state index is 11.1. The number of hydrazone groups is 1. The Morgan fingerprint density at radius 1 is 1.38 bits per heavy atom. The molecule has 0 heterocycles. The number of nitrogens with zero attached hydrogens (tertiary/aromatic N) is 2. The van der Waals surface area contributed by atoms with E-state index in [0.717, 1.165) is 0 Å². The first kappa shape index (κ1) is 16.9. The SMILES string of the molecule is CCOc1ccc(C=NNc2ccccc2C(=O)O)cc1[N+](=O)[O-]. The summed E-state index contributed by atoms with van der Waals surface area (Å²) in [4.78, 5) is 21.6. The van der Waals surface area contributed by atoms with E-state index in [1.54, 1.807) is 31.2 Å². The van der Waals surface area contributed by atoms with Gasteiger partial charge in [0, 0.05) is 11.6 Å². The van der Waals surface area contributed by atoms with Crippen molar-refractivity contribution in [2.75, 3.05) is 12.0 Å². The molecule has 0 aliphatic carbocycles. The van der Waals surface area contributed by atoms with Gasteiger partial charge in [0.1, 0.15) is 0 Å². The Labute approximate surface area is 137 Å². The summed E-state index contributed by atoms with van der Waals surface area (Å²) in [6.45, 7) is 2.06. The molecule has 8 nitrogen and oxygen atoms in total. The normalized spacial score (nSPS) is 10.5. The van der Waals surface area contributed by atoms with Crippen molar-refractivity contribution in [2.24, 2.45) is 5.10 Å². The Bertz CT molecular complexity index is 789. The zero-order valence-corrected chi connectivity index (χ0v) is 12.8. The van der Waals surface area contributed by atoms with Gasteiger partial charge in [-0.3, -0.25) is 15.5 Å². The summed E-state index contributed by atoms with van der Waals surface area (Å²) in [6, 6.07) is 10.7. The molecule has 24 heavy (non-hydrogen) atoms. The standard InChI is InChI=1S/C16H15N3O5/c1-2-24-15-8-7-11(9-14(15)19(22)23)10-17-18-13-6-4-3-5-12(13)16(20)21/h3-10,18H,2H2,1H3,(H,20,21). The van der Waals surface area contributed by atoms with Crippen molar-refractivity contribution in [3.63, 3.8) is 0 Å². The van der Waals surface area contributed by atoms with Crippen molar-refractivity contribution in [1.82, 2.24) is 0 Å². The number of para-hydroxylation sites is 1. The Morgan fingerprint density at radius 3 is 2.79 bits per heavy atom. The number of benzene rings is 2. The molecule has 0 aliphatic heterocycles. The number of ether oxygens (including phenoxy) is 1. The van der Waals surface area contributed by atoms with Gasteiger partial charge in [0.15, 0.2) is 5.75 Å². The van der Waals surface area contributed by atoms with E-state index in [1.807, 2.05) is 0 Å². The molecule has 0 spiro atoms. The van der Waals surface area contributed by atoms with Crippen molar-refractivity contribution in [3.05, 3.63) is 63.7 Å². The van der Waals surface area contributed by atoms with E-state index in [0.29, 0.717) is 17.9 Å². The molecular weight excluding hydrogens is 314 g/mol.